The zero-order chi connectivity index (χ0) is 19.4. The normalized spacial score (nSPS) is 12.6. The van der Waals surface area contributed by atoms with Crippen molar-refractivity contribution in [3.05, 3.63) is 60.0 Å². The zero-order valence-electron chi connectivity index (χ0n) is 16.4. The maximum atomic E-state index is 13.1. The van der Waals surface area contributed by atoms with E-state index in [0.29, 0.717) is 5.69 Å². The Morgan fingerprint density at radius 2 is 1.76 bits per heavy atom. The van der Waals surface area contributed by atoms with Crippen molar-refractivity contribution in [1.82, 2.24) is 10.3 Å². The third-order valence-electron chi connectivity index (χ3n) is 4.94. The number of nitrogens with one attached hydrogen (secondary N) is 2. The van der Waals surface area contributed by atoms with Gasteiger partial charge in [0.1, 0.15) is 17.6 Å². The SMILES string of the molecule is CC(NC(=O)c1cc2ccc(-c3ccc(F)cc3)cc2[nH]1)[C@@H]([NH3+])CCC[NH3+].[Cl-].[Cl-]. The van der Waals surface area contributed by atoms with Crippen LogP contribution in [0, 0.1) is 5.82 Å². The molecule has 1 aromatic heterocycles. The maximum Gasteiger partial charge on any atom is 0.268 e. The van der Waals surface area contributed by atoms with Crippen LogP contribution in [-0.2, 0) is 0 Å². The molecule has 1 unspecified atom stereocenters. The molecule has 0 aliphatic heterocycles. The molecule has 0 bridgehead atoms. The number of hydrogen-bond donors (Lipinski definition) is 4. The largest absolute Gasteiger partial charge is 1.00 e. The van der Waals surface area contributed by atoms with Crippen LogP contribution in [0.15, 0.2) is 48.5 Å². The predicted octanol–water partition coefficient (Wildman–Crippen LogP) is -4.27. The molecule has 0 radical (unpaired) electrons. The molecule has 3 rings (SSSR count). The number of fused-ring (bicyclic) bond motifs is 1. The summed E-state index contributed by atoms with van der Waals surface area (Å²) in [5, 5.41) is 3.98. The molecule has 8 N–H and O–H groups in total. The molecular weight excluding hydrogens is 414 g/mol. The lowest BCUT2D eigenvalue weighted by Crippen LogP contribution is -3.00. The van der Waals surface area contributed by atoms with E-state index in [-0.39, 0.29) is 48.6 Å². The highest BCUT2D eigenvalue weighted by atomic mass is 35.5. The van der Waals surface area contributed by atoms with E-state index in [1.165, 1.54) is 12.1 Å². The summed E-state index contributed by atoms with van der Waals surface area (Å²) in [5.74, 6) is -0.392. The Kier molecular flexibility index (Phi) is 9.59. The Labute approximate surface area is 182 Å². The second kappa shape index (κ2) is 11.2. The fourth-order valence-corrected chi connectivity index (χ4v) is 3.13. The lowest BCUT2D eigenvalue weighted by atomic mass is 10.0. The van der Waals surface area contributed by atoms with E-state index in [1.54, 1.807) is 12.1 Å². The average molecular weight is 441 g/mol. The van der Waals surface area contributed by atoms with E-state index in [4.69, 9.17) is 0 Å². The predicted molar refractivity (Wildman–Crippen MR) is 104 cm³/mol. The number of rotatable bonds is 7. The summed E-state index contributed by atoms with van der Waals surface area (Å²) in [6, 6.07) is 14.3. The molecule has 2 aromatic carbocycles. The summed E-state index contributed by atoms with van der Waals surface area (Å²) < 4.78 is 13.1. The quantitative estimate of drug-likeness (QED) is 0.293. The minimum absolute atomic E-state index is 0. The van der Waals surface area contributed by atoms with Crippen molar-refractivity contribution in [1.29, 1.82) is 0 Å². The Morgan fingerprint density at radius 3 is 2.41 bits per heavy atom. The van der Waals surface area contributed by atoms with Crippen molar-refractivity contribution in [2.24, 2.45) is 0 Å². The van der Waals surface area contributed by atoms with Crippen LogP contribution in [-0.4, -0.2) is 29.5 Å². The van der Waals surface area contributed by atoms with Gasteiger partial charge in [0, 0.05) is 23.7 Å². The second-order valence-corrected chi connectivity index (χ2v) is 7.01. The Balaban J connectivity index is 0.00000210. The molecule has 0 saturated carbocycles. The Bertz CT molecular complexity index is 930. The molecule has 158 valence electrons. The highest BCUT2D eigenvalue weighted by molar-refractivity contribution is 5.99. The van der Waals surface area contributed by atoms with E-state index < -0.39 is 0 Å². The monoisotopic (exact) mass is 440 g/mol. The first-order chi connectivity index (χ1) is 13.0. The van der Waals surface area contributed by atoms with Crippen molar-refractivity contribution >= 4 is 16.8 Å². The third kappa shape index (κ3) is 6.18. The Morgan fingerprint density at radius 1 is 1.10 bits per heavy atom. The molecule has 29 heavy (non-hydrogen) atoms. The summed E-state index contributed by atoms with van der Waals surface area (Å²) in [6.45, 7) is 2.86. The molecular formula is C21H27Cl2FN4O. The van der Waals surface area contributed by atoms with Gasteiger partial charge in [-0.05, 0) is 42.3 Å². The van der Waals surface area contributed by atoms with Crippen molar-refractivity contribution in [3.8, 4) is 11.1 Å². The lowest BCUT2D eigenvalue weighted by molar-refractivity contribution is -0.430. The molecule has 5 nitrogen and oxygen atoms in total. The van der Waals surface area contributed by atoms with E-state index in [1.807, 2.05) is 31.2 Å². The summed E-state index contributed by atoms with van der Waals surface area (Å²) in [7, 11) is 0. The molecule has 1 heterocycles. The van der Waals surface area contributed by atoms with Crippen molar-refractivity contribution in [3.63, 3.8) is 0 Å². The molecule has 1 amide bonds. The standard InChI is InChI=1S/C21H25FN4O.2ClH/c1-13(18(24)3-2-10-23)25-21(27)20-12-16-5-4-15(11-19(16)26-20)14-6-8-17(22)9-7-14;;/h4-9,11-13,18,26H,2-3,10,23-24H2,1H3,(H,25,27);2*1H/t13?,18-;;/m0../s1. The molecule has 3 aromatic rings. The van der Waals surface area contributed by atoms with Crippen LogP contribution in [0.5, 0.6) is 0 Å². The van der Waals surface area contributed by atoms with E-state index >= 15 is 0 Å². The summed E-state index contributed by atoms with van der Waals surface area (Å²) in [5.41, 5.74) is 11.3. The molecule has 0 aliphatic rings. The van der Waals surface area contributed by atoms with Gasteiger partial charge in [0.25, 0.3) is 5.91 Å². The van der Waals surface area contributed by atoms with E-state index in [9.17, 15) is 9.18 Å². The number of carbonyl (C=O) groups excluding carboxylic acids is 1. The van der Waals surface area contributed by atoms with Gasteiger partial charge in [0.2, 0.25) is 0 Å². The number of carbonyl (C=O) groups is 1. The third-order valence-corrected chi connectivity index (χ3v) is 4.94. The number of hydrogen-bond acceptors (Lipinski definition) is 1. The number of aromatic nitrogens is 1. The number of aromatic amines is 1. The van der Waals surface area contributed by atoms with Gasteiger partial charge in [-0.1, -0.05) is 24.3 Å². The van der Waals surface area contributed by atoms with Gasteiger partial charge in [0.05, 0.1) is 12.6 Å². The number of quaternary nitrogens is 2. The van der Waals surface area contributed by atoms with Gasteiger partial charge in [-0.2, -0.15) is 0 Å². The van der Waals surface area contributed by atoms with Crippen LogP contribution < -0.4 is 41.6 Å². The Hall–Kier alpha value is -2.12. The topological polar surface area (TPSA) is 100 Å². The molecule has 8 heteroatoms. The van der Waals surface area contributed by atoms with Gasteiger partial charge in [-0.25, -0.2) is 4.39 Å². The maximum absolute atomic E-state index is 13.1. The zero-order valence-corrected chi connectivity index (χ0v) is 17.9. The van der Waals surface area contributed by atoms with Crippen molar-refractivity contribution in [2.75, 3.05) is 6.54 Å². The fourth-order valence-electron chi connectivity index (χ4n) is 3.13. The van der Waals surface area contributed by atoms with Crippen LogP contribution in [0.3, 0.4) is 0 Å². The molecule has 0 aliphatic carbocycles. The number of H-pyrrole nitrogens is 1. The van der Waals surface area contributed by atoms with Gasteiger partial charge in [0.15, 0.2) is 0 Å². The van der Waals surface area contributed by atoms with Gasteiger partial charge >= 0.3 is 0 Å². The molecule has 0 spiro atoms. The first kappa shape index (κ1) is 24.9. The first-order valence-corrected chi connectivity index (χ1v) is 9.30. The second-order valence-electron chi connectivity index (χ2n) is 7.01. The molecule has 0 saturated heterocycles. The molecule has 0 fully saturated rings. The molecule has 2 atom stereocenters. The van der Waals surface area contributed by atoms with Gasteiger partial charge in [-0.15, -0.1) is 0 Å². The minimum atomic E-state index is -0.258. The minimum Gasteiger partial charge on any atom is -1.00 e. The number of halogens is 3. The fraction of sp³-hybridized carbons (Fsp3) is 0.286. The van der Waals surface area contributed by atoms with Crippen molar-refractivity contribution < 1.29 is 45.5 Å². The first-order valence-electron chi connectivity index (χ1n) is 9.30. The lowest BCUT2D eigenvalue weighted by Gasteiger charge is -2.17. The number of benzene rings is 2. The van der Waals surface area contributed by atoms with Crippen LogP contribution in [0.25, 0.3) is 22.0 Å². The van der Waals surface area contributed by atoms with Gasteiger partial charge < -0.3 is 46.6 Å². The highest BCUT2D eigenvalue weighted by Crippen LogP contribution is 2.25. The van der Waals surface area contributed by atoms with Crippen molar-refractivity contribution in [2.45, 2.75) is 31.8 Å². The summed E-state index contributed by atoms with van der Waals surface area (Å²) in [4.78, 5) is 15.8. The average Bonchev–Trinajstić information content (AvgIpc) is 3.10. The van der Waals surface area contributed by atoms with Crippen LogP contribution in [0.1, 0.15) is 30.3 Å². The van der Waals surface area contributed by atoms with E-state index in [2.05, 4.69) is 21.8 Å². The highest BCUT2D eigenvalue weighted by Gasteiger charge is 2.20. The summed E-state index contributed by atoms with van der Waals surface area (Å²) in [6.07, 6.45) is 1.95. The van der Waals surface area contributed by atoms with Crippen LogP contribution in [0.4, 0.5) is 4.39 Å². The van der Waals surface area contributed by atoms with E-state index in [0.717, 1.165) is 41.4 Å². The smallest absolute Gasteiger partial charge is 0.268 e. The van der Waals surface area contributed by atoms with Crippen LogP contribution in [0.2, 0.25) is 0 Å². The summed E-state index contributed by atoms with van der Waals surface area (Å²) >= 11 is 0. The van der Waals surface area contributed by atoms with Crippen LogP contribution >= 0.6 is 0 Å². The van der Waals surface area contributed by atoms with Gasteiger partial charge in [-0.3, -0.25) is 4.79 Å². The number of amides is 1.